The molecule has 2 aromatic carbocycles. The van der Waals surface area contributed by atoms with E-state index < -0.39 is 0 Å². The zero-order valence-corrected chi connectivity index (χ0v) is 16.5. The van der Waals surface area contributed by atoms with Gasteiger partial charge in [-0.05, 0) is 51.8 Å². The topological polar surface area (TPSA) is 30.5 Å². The quantitative estimate of drug-likeness (QED) is 0.704. The number of halogens is 1. The second-order valence-electron chi connectivity index (χ2n) is 7.20. The number of hydrogen-bond acceptors (Lipinski definition) is 3. The van der Waals surface area contributed by atoms with Crippen LogP contribution in [0.25, 0.3) is 0 Å². The lowest BCUT2D eigenvalue weighted by atomic mass is 10.1. The molecule has 0 aliphatic rings. The third-order valence-electron chi connectivity index (χ3n) is 3.70. The Morgan fingerprint density at radius 3 is 2.40 bits per heavy atom. The Labute approximate surface area is 156 Å². The highest BCUT2D eigenvalue weighted by Crippen LogP contribution is 2.34. The first-order valence-electron chi connectivity index (χ1n) is 8.67. The summed E-state index contributed by atoms with van der Waals surface area (Å²) in [6, 6.07) is 12.1. The summed E-state index contributed by atoms with van der Waals surface area (Å²) in [5, 5.41) is 4.13. The van der Waals surface area contributed by atoms with Crippen molar-refractivity contribution < 1.29 is 9.47 Å². The maximum atomic E-state index is 6.46. The Balaban J connectivity index is 2.17. The monoisotopic (exact) mass is 361 g/mol. The number of nitrogens with one attached hydrogen (secondary N) is 1. The van der Waals surface area contributed by atoms with Crippen LogP contribution in [0.15, 0.2) is 36.4 Å². The minimum Gasteiger partial charge on any atom is -0.490 e. The van der Waals surface area contributed by atoms with Gasteiger partial charge >= 0.3 is 0 Å². The molecule has 3 nitrogen and oxygen atoms in total. The highest BCUT2D eigenvalue weighted by Gasteiger charge is 2.14. The minimum absolute atomic E-state index is 0.0233. The van der Waals surface area contributed by atoms with Crippen LogP contribution in [0.3, 0.4) is 0 Å². The van der Waals surface area contributed by atoms with E-state index in [1.807, 2.05) is 25.1 Å². The first-order chi connectivity index (χ1) is 11.8. The molecule has 0 aliphatic carbocycles. The number of benzene rings is 2. The van der Waals surface area contributed by atoms with Crippen molar-refractivity contribution in [3.8, 4) is 11.5 Å². The summed E-state index contributed by atoms with van der Waals surface area (Å²) >= 11 is 6.46. The van der Waals surface area contributed by atoms with Crippen molar-refractivity contribution in [2.24, 2.45) is 0 Å². The second kappa shape index (κ2) is 8.59. The molecule has 0 fully saturated rings. The van der Waals surface area contributed by atoms with E-state index in [0.717, 1.165) is 16.9 Å². The SMILES string of the molecule is CCOc1cc(CNC(C)(C)C)c(Cl)cc1OCc1cccc(C)c1. The average Bonchev–Trinajstić information content (AvgIpc) is 2.53. The Morgan fingerprint density at radius 1 is 1.04 bits per heavy atom. The molecule has 0 bridgehead atoms. The van der Waals surface area contributed by atoms with E-state index in [2.05, 4.69) is 51.2 Å². The summed E-state index contributed by atoms with van der Waals surface area (Å²) in [6.07, 6.45) is 0. The van der Waals surface area contributed by atoms with E-state index in [4.69, 9.17) is 21.1 Å². The summed E-state index contributed by atoms with van der Waals surface area (Å²) in [5.41, 5.74) is 3.36. The number of hydrogen-bond donors (Lipinski definition) is 1. The smallest absolute Gasteiger partial charge is 0.163 e. The molecule has 0 saturated heterocycles. The Bertz CT molecular complexity index is 708. The van der Waals surface area contributed by atoms with E-state index in [1.54, 1.807) is 0 Å². The van der Waals surface area contributed by atoms with Crippen LogP contribution >= 0.6 is 11.6 Å². The van der Waals surface area contributed by atoms with Crippen molar-refractivity contribution in [2.75, 3.05) is 6.61 Å². The van der Waals surface area contributed by atoms with Gasteiger partial charge in [-0.2, -0.15) is 0 Å². The Hall–Kier alpha value is -1.71. The van der Waals surface area contributed by atoms with Crippen LogP contribution in [0.1, 0.15) is 44.4 Å². The van der Waals surface area contributed by atoms with Crippen LogP contribution in [0, 0.1) is 6.92 Å². The lowest BCUT2D eigenvalue weighted by molar-refractivity contribution is 0.269. The van der Waals surface area contributed by atoms with E-state index in [1.165, 1.54) is 5.56 Å². The molecule has 2 rings (SSSR count). The van der Waals surface area contributed by atoms with Gasteiger partial charge < -0.3 is 14.8 Å². The van der Waals surface area contributed by atoms with Crippen LogP contribution in [-0.2, 0) is 13.2 Å². The lowest BCUT2D eigenvalue weighted by Gasteiger charge is -2.22. The van der Waals surface area contributed by atoms with Gasteiger partial charge in [0, 0.05) is 23.2 Å². The standard InChI is InChI=1S/C21H28ClNO2/c1-6-24-19-11-17(13-23-21(3,4)5)18(22)12-20(19)25-14-16-9-7-8-15(2)10-16/h7-12,23H,6,13-14H2,1-5H3. The molecule has 0 radical (unpaired) electrons. The molecule has 2 aromatic rings. The highest BCUT2D eigenvalue weighted by molar-refractivity contribution is 6.31. The molecule has 0 saturated carbocycles. The zero-order chi connectivity index (χ0) is 18.4. The van der Waals surface area contributed by atoms with Gasteiger partial charge in [0.1, 0.15) is 6.61 Å². The van der Waals surface area contributed by atoms with E-state index in [0.29, 0.717) is 30.5 Å². The molecule has 136 valence electrons. The van der Waals surface area contributed by atoms with Crippen molar-refractivity contribution in [3.05, 3.63) is 58.1 Å². The molecule has 0 amide bonds. The van der Waals surface area contributed by atoms with Crippen molar-refractivity contribution in [1.29, 1.82) is 0 Å². The van der Waals surface area contributed by atoms with Gasteiger partial charge in [-0.15, -0.1) is 0 Å². The molecular formula is C21H28ClNO2. The molecule has 0 atom stereocenters. The molecule has 0 spiro atoms. The number of aryl methyl sites for hydroxylation is 1. The first kappa shape index (κ1) is 19.6. The van der Waals surface area contributed by atoms with Gasteiger partial charge in [0.25, 0.3) is 0 Å². The van der Waals surface area contributed by atoms with Crippen molar-refractivity contribution in [1.82, 2.24) is 5.32 Å². The normalized spacial score (nSPS) is 11.4. The van der Waals surface area contributed by atoms with E-state index in [-0.39, 0.29) is 5.54 Å². The van der Waals surface area contributed by atoms with Gasteiger partial charge in [0.2, 0.25) is 0 Å². The van der Waals surface area contributed by atoms with Gasteiger partial charge in [0.15, 0.2) is 11.5 Å². The third kappa shape index (κ3) is 6.26. The molecule has 0 heterocycles. The fourth-order valence-electron chi connectivity index (χ4n) is 2.42. The average molecular weight is 362 g/mol. The van der Waals surface area contributed by atoms with Gasteiger partial charge in [-0.25, -0.2) is 0 Å². The molecule has 0 aliphatic heterocycles. The van der Waals surface area contributed by atoms with Crippen LogP contribution in [0.2, 0.25) is 5.02 Å². The predicted molar refractivity (Wildman–Crippen MR) is 105 cm³/mol. The number of rotatable bonds is 7. The Kier molecular flexibility index (Phi) is 6.74. The predicted octanol–water partition coefficient (Wildman–Crippen LogP) is 5.51. The summed E-state index contributed by atoms with van der Waals surface area (Å²) in [6.45, 7) is 12.2. The van der Waals surface area contributed by atoms with Gasteiger partial charge in [-0.3, -0.25) is 0 Å². The maximum Gasteiger partial charge on any atom is 0.163 e. The third-order valence-corrected chi connectivity index (χ3v) is 4.05. The zero-order valence-electron chi connectivity index (χ0n) is 15.8. The molecule has 1 N–H and O–H groups in total. The summed E-state index contributed by atoms with van der Waals surface area (Å²) in [5.74, 6) is 1.40. The number of ether oxygens (including phenoxy) is 2. The largest absolute Gasteiger partial charge is 0.490 e. The fraction of sp³-hybridized carbons (Fsp3) is 0.429. The molecule has 0 unspecified atom stereocenters. The summed E-state index contributed by atoms with van der Waals surface area (Å²) in [7, 11) is 0. The molecular weight excluding hydrogens is 334 g/mol. The molecule has 4 heteroatoms. The minimum atomic E-state index is 0.0233. The molecule has 25 heavy (non-hydrogen) atoms. The van der Waals surface area contributed by atoms with E-state index >= 15 is 0 Å². The fourth-order valence-corrected chi connectivity index (χ4v) is 2.64. The first-order valence-corrected chi connectivity index (χ1v) is 9.05. The lowest BCUT2D eigenvalue weighted by Crippen LogP contribution is -2.35. The van der Waals surface area contributed by atoms with E-state index in [9.17, 15) is 0 Å². The van der Waals surface area contributed by atoms with Crippen molar-refractivity contribution in [2.45, 2.75) is 53.3 Å². The van der Waals surface area contributed by atoms with Gasteiger partial charge in [0.05, 0.1) is 6.61 Å². The van der Waals surface area contributed by atoms with Gasteiger partial charge in [-0.1, -0.05) is 41.4 Å². The Morgan fingerprint density at radius 2 is 1.76 bits per heavy atom. The van der Waals surface area contributed by atoms with Crippen molar-refractivity contribution in [3.63, 3.8) is 0 Å². The van der Waals surface area contributed by atoms with Crippen molar-refractivity contribution >= 4 is 11.6 Å². The van der Waals surface area contributed by atoms with Crippen LogP contribution < -0.4 is 14.8 Å². The second-order valence-corrected chi connectivity index (χ2v) is 7.61. The summed E-state index contributed by atoms with van der Waals surface area (Å²) < 4.78 is 11.7. The highest BCUT2D eigenvalue weighted by atomic mass is 35.5. The molecule has 0 aromatic heterocycles. The van der Waals surface area contributed by atoms with Crippen LogP contribution in [0.4, 0.5) is 0 Å². The maximum absolute atomic E-state index is 6.46. The van der Waals surface area contributed by atoms with Crippen LogP contribution in [0.5, 0.6) is 11.5 Å². The van der Waals surface area contributed by atoms with Crippen LogP contribution in [-0.4, -0.2) is 12.1 Å². The summed E-state index contributed by atoms with van der Waals surface area (Å²) in [4.78, 5) is 0.